The molecule has 2 nitrogen and oxygen atoms in total. The quantitative estimate of drug-likeness (QED) is 0.418. The van der Waals surface area contributed by atoms with E-state index in [1.54, 1.807) is 0 Å². The molecule has 1 aliphatic heterocycles. The fraction of sp³-hybridized carbons (Fsp3) is 0.900. The number of nitrogens with zero attached hydrogens (tertiary/aromatic N) is 2. The van der Waals surface area contributed by atoms with E-state index in [1.165, 1.54) is 19.5 Å². The van der Waals surface area contributed by atoms with Crippen molar-refractivity contribution in [3.8, 4) is 0 Å². The third kappa shape index (κ3) is 9.00. The molecule has 0 saturated carbocycles. The molecule has 17 heavy (non-hydrogen) atoms. The molecule has 7 heteroatoms. The number of halogens is 4. The molecule has 0 spiro atoms. The predicted octanol–water partition coefficient (Wildman–Crippen LogP) is 2.85. The zero-order valence-electron chi connectivity index (χ0n) is 10.8. The lowest BCUT2D eigenvalue weighted by atomic mass is 10.2. The minimum Gasteiger partial charge on any atom is -0.418 e. The van der Waals surface area contributed by atoms with Gasteiger partial charge in [-0.2, -0.15) is 0 Å². The molecule has 1 heterocycles. The van der Waals surface area contributed by atoms with E-state index in [0.29, 0.717) is 12.1 Å². The summed E-state index contributed by atoms with van der Waals surface area (Å²) in [6, 6.07) is 1.29. The lowest BCUT2D eigenvalue weighted by molar-refractivity contribution is -0.563. The van der Waals surface area contributed by atoms with Crippen molar-refractivity contribution in [2.45, 2.75) is 46.2 Å². The molecule has 0 radical (unpaired) electrons. The van der Waals surface area contributed by atoms with Crippen molar-refractivity contribution in [2.24, 2.45) is 0 Å². The molecule has 0 bridgehead atoms. The molecule has 0 aromatic rings. The molecular weight excluding hydrogens is 235 g/mol. The Morgan fingerprint density at radius 1 is 1.12 bits per heavy atom. The summed E-state index contributed by atoms with van der Waals surface area (Å²) in [6.45, 7) is 11.4. The second kappa shape index (κ2) is 6.86. The van der Waals surface area contributed by atoms with E-state index in [9.17, 15) is 17.3 Å². The summed E-state index contributed by atoms with van der Waals surface area (Å²) in [5.74, 6) is 0. The highest BCUT2D eigenvalue weighted by molar-refractivity contribution is 6.50. The van der Waals surface area contributed by atoms with E-state index < -0.39 is 7.25 Å². The van der Waals surface area contributed by atoms with Crippen molar-refractivity contribution in [3.63, 3.8) is 0 Å². The maximum absolute atomic E-state index is 9.75. The van der Waals surface area contributed by atoms with Gasteiger partial charge < -0.3 is 17.3 Å². The van der Waals surface area contributed by atoms with Gasteiger partial charge in [0.1, 0.15) is 0 Å². The minimum absolute atomic E-state index is 0.645. The maximum Gasteiger partial charge on any atom is 0.673 e. The number of hydrogen-bond donors (Lipinski definition) is 0. The van der Waals surface area contributed by atoms with Crippen LogP contribution in [-0.4, -0.2) is 48.2 Å². The van der Waals surface area contributed by atoms with E-state index in [-0.39, 0.29) is 0 Å². The molecule has 0 aromatic heterocycles. The summed E-state index contributed by atoms with van der Waals surface area (Å²) < 4.78 is 41.4. The molecule has 0 fully saturated rings. The molecule has 1 aliphatic rings. The van der Waals surface area contributed by atoms with Crippen LogP contribution < -0.4 is 0 Å². The van der Waals surface area contributed by atoms with Crippen LogP contribution in [0, 0.1) is 0 Å². The summed E-state index contributed by atoms with van der Waals surface area (Å²) in [6.07, 6.45) is 3.59. The molecule has 0 saturated heterocycles. The van der Waals surface area contributed by atoms with Crippen molar-refractivity contribution in [2.75, 3.05) is 13.1 Å². The van der Waals surface area contributed by atoms with Crippen molar-refractivity contribution in [1.82, 2.24) is 4.90 Å². The van der Waals surface area contributed by atoms with Gasteiger partial charge in [0.05, 0.1) is 25.2 Å². The van der Waals surface area contributed by atoms with Crippen molar-refractivity contribution in [1.29, 1.82) is 0 Å². The summed E-state index contributed by atoms with van der Waals surface area (Å²) >= 11 is 0. The third-order valence-electron chi connectivity index (χ3n) is 2.46. The molecule has 0 N–H and O–H groups in total. The molecule has 0 aliphatic carbocycles. The summed E-state index contributed by atoms with van der Waals surface area (Å²) in [7, 11) is -6.00. The first-order valence-electron chi connectivity index (χ1n) is 5.85. The lowest BCUT2D eigenvalue weighted by Crippen LogP contribution is -2.42. The Hall–Kier alpha value is -0.745. The summed E-state index contributed by atoms with van der Waals surface area (Å²) in [5.41, 5.74) is 0. The predicted molar refractivity (Wildman–Crippen MR) is 63.0 cm³/mol. The van der Waals surface area contributed by atoms with Crippen LogP contribution in [0.15, 0.2) is 0 Å². The first-order chi connectivity index (χ1) is 7.61. The second-order valence-electron chi connectivity index (χ2n) is 4.63. The van der Waals surface area contributed by atoms with Gasteiger partial charge in [-0.3, -0.25) is 9.48 Å². The largest absolute Gasteiger partial charge is 0.673 e. The van der Waals surface area contributed by atoms with Crippen molar-refractivity contribution in [3.05, 3.63) is 0 Å². The Balaban J connectivity index is 0.000000437. The van der Waals surface area contributed by atoms with Gasteiger partial charge in [-0.05, 0) is 27.7 Å². The van der Waals surface area contributed by atoms with Gasteiger partial charge in [0.15, 0.2) is 0 Å². The Kier molecular flexibility index (Phi) is 6.56. The normalized spacial score (nSPS) is 16.8. The molecule has 0 amide bonds. The minimum atomic E-state index is -6.00. The highest BCUT2D eigenvalue weighted by Crippen LogP contribution is 2.06. The van der Waals surface area contributed by atoms with Gasteiger partial charge in [-0.15, -0.1) is 0 Å². The second-order valence-corrected chi connectivity index (χ2v) is 4.63. The van der Waals surface area contributed by atoms with Crippen LogP contribution in [-0.2, 0) is 0 Å². The Morgan fingerprint density at radius 3 is 1.94 bits per heavy atom. The summed E-state index contributed by atoms with van der Waals surface area (Å²) in [4.78, 5) is 2.42. The molecule has 1 rings (SSSR count). The maximum atomic E-state index is 9.75. The summed E-state index contributed by atoms with van der Waals surface area (Å²) in [5, 5.41) is 0. The van der Waals surface area contributed by atoms with E-state index in [2.05, 4.69) is 43.5 Å². The zero-order chi connectivity index (χ0) is 13.6. The van der Waals surface area contributed by atoms with Crippen LogP contribution in [0.1, 0.15) is 34.1 Å². The van der Waals surface area contributed by atoms with Crippen LogP contribution in [0.4, 0.5) is 17.3 Å². The Bertz CT molecular complexity index is 245. The standard InChI is InChI=1S/C10H21N2.BF4/c1-9(2)11-6-5-7-12(8-11)10(3)4;2-1(3,4)5/h8-10H,5-7H2,1-4H3;/q+1;-1. The van der Waals surface area contributed by atoms with Crippen LogP contribution in [0.5, 0.6) is 0 Å². The van der Waals surface area contributed by atoms with Gasteiger partial charge in [0, 0.05) is 6.42 Å². The van der Waals surface area contributed by atoms with Crippen LogP contribution in [0.25, 0.3) is 0 Å². The van der Waals surface area contributed by atoms with E-state index in [1.807, 2.05) is 0 Å². The Morgan fingerprint density at radius 2 is 1.59 bits per heavy atom. The molecule has 102 valence electrons. The highest BCUT2D eigenvalue weighted by atomic mass is 19.5. The smallest absolute Gasteiger partial charge is 0.418 e. The van der Waals surface area contributed by atoms with Gasteiger partial charge >= 0.3 is 7.25 Å². The number of hydrogen-bond acceptors (Lipinski definition) is 1. The van der Waals surface area contributed by atoms with E-state index >= 15 is 0 Å². The van der Waals surface area contributed by atoms with Crippen LogP contribution in [0.2, 0.25) is 0 Å². The monoisotopic (exact) mass is 256 g/mol. The van der Waals surface area contributed by atoms with E-state index in [4.69, 9.17) is 0 Å². The molecular formula is C10H21BF4N2. The topological polar surface area (TPSA) is 6.25 Å². The van der Waals surface area contributed by atoms with Crippen molar-refractivity contribution >= 4 is 13.6 Å². The van der Waals surface area contributed by atoms with Crippen LogP contribution in [0.3, 0.4) is 0 Å². The number of rotatable bonds is 2. The van der Waals surface area contributed by atoms with Gasteiger partial charge in [0.2, 0.25) is 6.34 Å². The third-order valence-corrected chi connectivity index (χ3v) is 2.46. The first-order valence-corrected chi connectivity index (χ1v) is 5.85. The zero-order valence-corrected chi connectivity index (χ0v) is 10.8. The van der Waals surface area contributed by atoms with Crippen molar-refractivity contribution < 1.29 is 21.8 Å². The fourth-order valence-electron chi connectivity index (χ4n) is 1.52. The SMILES string of the molecule is CC(C)N1C=[N+](C(C)C)CCC1.F[B-](F)(F)F. The first kappa shape index (κ1) is 16.3. The lowest BCUT2D eigenvalue weighted by Gasteiger charge is -2.25. The average Bonchev–Trinajstić information content (AvgIpc) is 2.15. The van der Waals surface area contributed by atoms with Gasteiger partial charge in [-0.1, -0.05) is 0 Å². The molecule has 0 aromatic carbocycles. The average molecular weight is 256 g/mol. The highest BCUT2D eigenvalue weighted by Gasteiger charge is 2.21. The van der Waals surface area contributed by atoms with Crippen LogP contribution >= 0.6 is 0 Å². The molecule has 0 atom stereocenters. The fourth-order valence-corrected chi connectivity index (χ4v) is 1.52. The van der Waals surface area contributed by atoms with Gasteiger partial charge in [0.25, 0.3) is 0 Å². The Labute approximate surface area is 100 Å². The molecule has 0 unspecified atom stereocenters. The van der Waals surface area contributed by atoms with E-state index in [0.717, 1.165) is 0 Å². The van der Waals surface area contributed by atoms with Gasteiger partial charge in [-0.25, -0.2) is 0 Å².